The maximum atomic E-state index is 13.9. The Labute approximate surface area is 427 Å². The first kappa shape index (κ1) is 55.7. The Hall–Kier alpha value is -6.64. The summed E-state index contributed by atoms with van der Waals surface area (Å²) in [5, 5.41) is 5.36. The van der Waals surface area contributed by atoms with Gasteiger partial charge in [0.15, 0.2) is 50.9 Å². The van der Waals surface area contributed by atoms with Crippen molar-refractivity contribution in [3.05, 3.63) is 190 Å². The van der Waals surface area contributed by atoms with Crippen LogP contribution in [0.25, 0.3) is 0 Å². The number of amides is 2. The summed E-state index contributed by atoms with van der Waals surface area (Å²) >= 11 is 0. The van der Waals surface area contributed by atoms with Gasteiger partial charge in [0.1, 0.15) is 0 Å². The molecule has 6 aromatic carbocycles. The number of carbonyl (C=O) groups is 4. The van der Waals surface area contributed by atoms with E-state index in [4.69, 9.17) is 4.74 Å². The lowest BCUT2D eigenvalue weighted by atomic mass is 9.99. The van der Waals surface area contributed by atoms with Crippen molar-refractivity contribution in [2.75, 3.05) is 49.3 Å². The Morgan fingerprint density at radius 1 is 0.356 bits per heavy atom. The first-order chi connectivity index (χ1) is 34.4. The Kier molecular flexibility index (Phi) is 18.3. The highest BCUT2D eigenvalue weighted by Gasteiger charge is 2.34. The lowest BCUT2D eigenvalue weighted by Gasteiger charge is -2.17. The SMILES string of the molecule is Cc1ccc(S(=O)(=O)CC(CS(=O)(=O)c2ccc(C)cc2)C(=O)c2ccc(C(=O)NCCOCCNC(=O)c3ccc(C(=O)C(CS(=O)(=O)c4ccc(C)cc4)CS(=O)(=O)c4ccc(C)cc4)cc3)cc2)cc1. The highest BCUT2D eigenvalue weighted by Crippen LogP contribution is 2.26. The van der Waals surface area contributed by atoms with Gasteiger partial charge in [0.2, 0.25) is 0 Å². The maximum Gasteiger partial charge on any atom is 0.251 e. The third kappa shape index (κ3) is 15.2. The minimum absolute atomic E-state index is 0.0209. The van der Waals surface area contributed by atoms with E-state index in [1.807, 2.05) is 0 Å². The summed E-state index contributed by atoms with van der Waals surface area (Å²) in [6.07, 6.45) is 0. The number of aryl methyl sites for hydroxylation is 4. The van der Waals surface area contributed by atoms with Crippen molar-refractivity contribution in [3.8, 4) is 0 Å². The van der Waals surface area contributed by atoms with Crippen molar-refractivity contribution in [3.63, 3.8) is 0 Å². The molecule has 0 aliphatic carbocycles. The van der Waals surface area contributed by atoms with Crippen LogP contribution in [-0.2, 0) is 44.1 Å². The summed E-state index contributed by atoms with van der Waals surface area (Å²) in [7, 11) is -16.4. The fourth-order valence-corrected chi connectivity index (χ4v) is 14.1. The Morgan fingerprint density at radius 2 is 0.575 bits per heavy atom. The highest BCUT2D eigenvalue weighted by atomic mass is 32.2. The van der Waals surface area contributed by atoms with Crippen LogP contribution in [0.3, 0.4) is 0 Å². The van der Waals surface area contributed by atoms with Gasteiger partial charge in [0, 0.05) is 35.3 Å². The van der Waals surface area contributed by atoms with Crippen LogP contribution in [-0.4, -0.2) is 106 Å². The van der Waals surface area contributed by atoms with Gasteiger partial charge in [0.05, 0.1) is 67.6 Å². The third-order valence-electron chi connectivity index (χ3n) is 11.9. The van der Waals surface area contributed by atoms with Crippen molar-refractivity contribution >= 4 is 62.7 Å². The molecule has 0 aliphatic rings. The second-order valence-corrected chi connectivity index (χ2v) is 25.9. The van der Waals surface area contributed by atoms with E-state index >= 15 is 0 Å². The van der Waals surface area contributed by atoms with E-state index in [9.17, 15) is 52.8 Å². The molecule has 2 amide bonds. The summed E-state index contributed by atoms with van der Waals surface area (Å²) in [6.45, 7) is 7.41. The van der Waals surface area contributed by atoms with Gasteiger partial charge in [-0.15, -0.1) is 0 Å². The van der Waals surface area contributed by atoms with Gasteiger partial charge in [-0.25, -0.2) is 33.7 Å². The Bertz CT molecular complexity index is 3010. The van der Waals surface area contributed by atoms with Crippen molar-refractivity contribution in [2.45, 2.75) is 47.3 Å². The minimum Gasteiger partial charge on any atom is -0.378 e. The molecule has 0 aromatic heterocycles. The summed E-state index contributed by atoms with van der Waals surface area (Å²) in [4.78, 5) is 53.5. The van der Waals surface area contributed by atoms with E-state index in [2.05, 4.69) is 10.6 Å². The zero-order valence-electron chi connectivity index (χ0n) is 40.6. The van der Waals surface area contributed by atoms with E-state index < -0.39 is 97.6 Å². The predicted molar refractivity (Wildman–Crippen MR) is 277 cm³/mol. The summed E-state index contributed by atoms with van der Waals surface area (Å²) in [5.41, 5.74) is 3.66. The number of Topliss-reactive ketones (excluding diaryl/α,β-unsaturated/α-hetero) is 2. The quantitative estimate of drug-likeness (QED) is 0.0481. The van der Waals surface area contributed by atoms with Gasteiger partial charge in [-0.2, -0.15) is 0 Å². The fourth-order valence-electron chi connectivity index (χ4n) is 7.65. The van der Waals surface area contributed by atoms with Gasteiger partial charge in [-0.05, 0) is 100 Å². The molecule has 19 heteroatoms. The molecule has 0 heterocycles. The van der Waals surface area contributed by atoms with Crippen LogP contribution in [0, 0.1) is 39.5 Å². The topological polar surface area (TPSA) is 238 Å². The number of hydrogen-bond donors (Lipinski definition) is 2. The molecule has 0 bridgehead atoms. The maximum absolute atomic E-state index is 13.9. The molecule has 0 unspecified atom stereocenters. The molecule has 0 fully saturated rings. The lowest BCUT2D eigenvalue weighted by molar-refractivity contribution is 0.0888. The van der Waals surface area contributed by atoms with Crippen molar-refractivity contribution in [1.29, 1.82) is 0 Å². The number of benzene rings is 6. The van der Waals surface area contributed by atoms with E-state index in [-0.39, 0.29) is 68.1 Å². The van der Waals surface area contributed by atoms with Crippen molar-refractivity contribution in [2.24, 2.45) is 11.8 Å². The number of hydrogen-bond acceptors (Lipinski definition) is 13. The molecule has 0 spiro atoms. The number of rotatable bonds is 24. The molecule has 6 rings (SSSR count). The normalized spacial score (nSPS) is 12.1. The number of ketones is 2. The smallest absolute Gasteiger partial charge is 0.251 e. The van der Waals surface area contributed by atoms with E-state index in [1.54, 1.807) is 76.2 Å². The van der Waals surface area contributed by atoms with Crippen molar-refractivity contribution in [1.82, 2.24) is 10.6 Å². The summed E-state index contributed by atoms with van der Waals surface area (Å²) in [5.74, 6) is -8.44. The molecular weight excluding hydrogens is 1010 g/mol. The van der Waals surface area contributed by atoms with Crippen molar-refractivity contribution < 1.29 is 57.6 Å². The summed E-state index contributed by atoms with van der Waals surface area (Å²) in [6, 6.07) is 35.0. The zero-order chi connectivity index (χ0) is 53.1. The van der Waals surface area contributed by atoms with Gasteiger partial charge in [0.25, 0.3) is 11.8 Å². The highest BCUT2D eigenvalue weighted by molar-refractivity contribution is 7.93. The van der Waals surface area contributed by atoms with Gasteiger partial charge in [-0.1, -0.05) is 95.1 Å². The van der Waals surface area contributed by atoms with Gasteiger partial charge in [-0.3, -0.25) is 19.2 Å². The van der Waals surface area contributed by atoms with Crippen LogP contribution in [0.15, 0.2) is 165 Å². The molecule has 0 saturated heterocycles. The molecule has 384 valence electrons. The van der Waals surface area contributed by atoms with E-state index in [0.29, 0.717) is 0 Å². The zero-order valence-corrected chi connectivity index (χ0v) is 43.9. The van der Waals surface area contributed by atoms with Crippen LogP contribution in [0.1, 0.15) is 63.7 Å². The van der Waals surface area contributed by atoms with Crippen LogP contribution in [0.4, 0.5) is 0 Å². The Balaban J connectivity index is 0.995. The largest absolute Gasteiger partial charge is 0.378 e. The standard InChI is InChI=1S/C54H56N2O13S4/c1-37-5-21-47(22-6-37)70(61,62)33-45(34-71(63,64)48-23-7-38(2)8-24-48)51(57)41-13-17-43(18-14-41)53(59)55-29-31-69-32-30-56-54(60)44-19-15-42(16-20-44)52(58)46(35-72(65,66)49-25-9-39(3)10-26-49)36-73(67,68)50-27-11-40(4)12-28-50/h5-28,45-46H,29-36H2,1-4H3,(H,55,59)(H,56,60). The van der Waals surface area contributed by atoms with E-state index in [1.165, 1.54) is 97.1 Å². The van der Waals surface area contributed by atoms with Crippen LogP contribution < -0.4 is 10.6 Å². The van der Waals surface area contributed by atoms with Gasteiger partial charge >= 0.3 is 0 Å². The average Bonchev–Trinajstić information content (AvgIpc) is 3.35. The lowest BCUT2D eigenvalue weighted by Crippen LogP contribution is -2.31. The molecule has 6 aromatic rings. The van der Waals surface area contributed by atoms with E-state index in [0.717, 1.165) is 22.3 Å². The molecule has 2 N–H and O–H groups in total. The first-order valence-electron chi connectivity index (χ1n) is 23.0. The molecule has 73 heavy (non-hydrogen) atoms. The number of ether oxygens (including phenoxy) is 1. The molecule has 0 aliphatic heterocycles. The second kappa shape index (κ2) is 23.9. The molecule has 0 saturated carbocycles. The molecule has 0 radical (unpaired) electrons. The number of nitrogens with one attached hydrogen (secondary N) is 2. The Morgan fingerprint density at radius 3 is 0.808 bits per heavy atom. The third-order valence-corrected chi connectivity index (χ3v) is 19.2. The fraction of sp³-hybridized carbons (Fsp3) is 0.259. The first-order valence-corrected chi connectivity index (χ1v) is 29.7. The second-order valence-electron chi connectivity index (χ2n) is 17.8. The molecular formula is C54H56N2O13S4. The summed E-state index contributed by atoms with van der Waals surface area (Å²) < 4.78 is 113. The van der Waals surface area contributed by atoms with Crippen LogP contribution in [0.5, 0.6) is 0 Å². The monoisotopic (exact) mass is 1070 g/mol. The molecule has 0 atom stereocenters. The predicted octanol–water partition coefficient (Wildman–Crippen LogP) is 6.59. The number of sulfone groups is 4. The van der Waals surface area contributed by atoms with Gasteiger partial charge < -0.3 is 15.4 Å². The minimum atomic E-state index is -4.10. The number of carbonyl (C=O) groups excluding carboxylic acids is 4. The average molecular weight is 1070 g/mol. The molecule has 15 nitrogen and oxygen atoms in total. The van der Waals surface area contributed by atoms with Crippen LogP contribution in [0.2, 0.25) is 0 Å². The van der Waals surface area contributed by atoms with Crippen LogP contribution >= 0.6 is 0 Å².